The molecule has 0 bridgehead atoms. The Kier molecular flexibility index (Phi) is 2.27. The molecule has 0 radical (unpaired) electrons. The molecule has 12 heavy (non-hydrogen) atoms. The van der Waals surface area contributed by atoms with Crippen LogP contribution in [0.5, 0.6) is 0 Å². The minimum absolute atomic E-state index is 2.55. The van der Waals surface area contributed by atoms with Gasteiger partial charge < -0.3 is 5.11 Å². The minimum Gasteiger partial charge on any atom is -0.473 e. The topological polar surface area (TPSA) is 80.4 Å². The van der Waals surface area contributed by atoms with E-state index in [2.05, 4.69) is 0 Å². The fourth-order valence-corrected chi connectivity index (χ4v) is 0.303. The number of hydrogen-bond acceptors (Lipinski definition) is 3. The summed E-state index contributed by atoms with van der Waals surface area (Å²) in [4.78, 5) is 16.5. The van der Waals surface area contributed by atoms with E-state index < -0.39 is 22.9 Å². The molecule has 0 saturated carbocycles. The number of carboxylic acids is 1. The van der Waals surface area contributed by atoms with Gasteiger partial charge in [-0.1, -0.05) is 0 Å². The predicted molar refractivity (Wildman–Crippen MR) is 24.5 cm³/mol. The number of alkyl halides is 4. The van der Waals surface area contributed by atoms with Gasteiger partial charge in [0.15, 0.2) is 0 Å². The normalized spacial score (nSPS) is 16.7. The van der Waals surface area contributed by atoms with Crippen molar-refractivity contribution in [3.05, 3.63) is 10.1 Å². The van der Waals surface area contributed by atoms with Crippen molar-refractivity contribution in [2.45, 2.75) is 12.0 Å². The van der Waals surface area contributed by atoms with Crippen LogP contribution in [0.3, 0.4) is 0 Å². The number of hydrogen-bond donors (Lipinski definition) is 1. The monoisotopic (exact) mass is 191 g/mol. The van der Waals surface area contributed by atoms with E-state index in [9.17, 15) is 32.5 Å². The van der Waals surface area contributed by atoms with Crippen LogP contribution < -0.4 is 0 Å². The SMILES string of the molecule is O=C(O)C(F)([N+](=O)[O-])C(F)(F)F. The van der Waals surface area contributed by atoms with Gasteiger partial charge in [0.25, 0.3) is 0 Å². The predicted octanol–water partition coefficient (Wildman–Crippen LogP) is 0.576. The van der Waals surface area contributed by atoms with E-state index in [1.165, 1.54) is 0 Å². The number of carbonyl (C=O) groups is 1. The summed E-state index contributed by atoms with van der Waals surface area (Å²) >= 11 is 0. The Morgan fingerprint density at radius 3 is 1.67 bits per heavy atom. The van der Waals surface area contributed by atoms with Crippen molar-refractivity contribution >= 4 is 5.97 Å². The second kappa shape index (κ2) is 2.57. The largest absolute Gasteiger partial charge is 0.549 e. The first-order chi connectivity index (χ1) is 5.14. The third kappa shape index (κ3) is 1.29. The Balaban J connectivity index is 5.17. The molecule has 0 aromatic heterocycles. The maximum absolute atomic E-state index is 12.1. The van der Waals surface area contributed by atoms with Crippen LogP contribution in [0.1, 0.15) is 0 Å². The van der Waals surface area contributed by atoms with Gasteiger partial charge in [-0.3, -0.25) is 10.1 Å². The summed E-state index contributed by atoms with van der Waals surface area (Å²) < 4.78 is 46.3. The average molecular weight is 191 g/mol. The van der Waals surface area contributed by atoms with E-state index in [4.69, 9.17) is 5.11 Å². The summed E-state index contributed by atoms with van der Waals surface area (Å²) in [6.45, 7) is 0. The highest BCUT2D eigenvalue weighted by molar-refractivity contribution is 5.76. The Morgan fingerprint density at radius 1 is 1.33 bits per heavy atom. The zero-order chi connectivity index (χ0) is 10.2. The molecule has 0 aromatic rings. The zero-order valence-electron chi connectivity index (χ0n) is 5.13. The lowest BCUT2D eigenvalue weighted by Gasteiger charge is -2.13. The minimum atomic E-state index is -6.07. The van der Waals surface area contributed by atoms with Crippen LogP contribution in [-0.2, 0) is 4.79 Å². The van der Waals surface area contributed by atoms with Gasteiger partial charge in [0.2, 0.25) is 0 Å². The van der Waals surface area contributed by atoms with Gasteiger partial charge >= 0.3 is 17.9 Å². The second-order valence-electron chi connectivity index (χ2n) is 1.68. The second-order valence-corrected chi connectivity index (χ2v) is 1.68. The molecule has 9 heteroatoms. The molecule has 0 heterocycles. The van der Waals surface area contributed by atoms with Crippen molar-refractivity contribution in [2.75, 3.05) is 0 Å². The number of carboxylic acid groups (broad SMARTS) is 1. The number of halogens is 4. The lowest BCUT2D eigenvalue weighted by molar-refractivity contribution is -0.630. The molecule has 0 aliphatic rings. The summed E-state index contributed by atoms with van der Waals surface area (Å²) in [6.07, 6.45) is -6.07. The highest BCUT2D eigenvalue weighted by Crippen LogP contribution is 2.34. The first kappa shape index (κ1) is 10.6. The van der Waals surface area contributed by atoms with Gasteiger partial charge in [0, 0.05) is 0 Å². The highest BCUT2D eigenvalue weighted by atomic mass is 19.4. The number of nitro groups is 1. The number of rotatable bonds is 2. The molecule has 0 aliphatic carbocycles. The van der Waals surface area contributed by atoms with Gasteiger partial charge in [0.1, 0.15) is 0 Å². The number of nitrogens with zero attached hydrogens (tertiary/aromatic N) is 1. The van der Waals surface area contributed by atoms with Crippen LogP contribution in [-0.4, -0.2) is 28.0 Å². The molecule has 0 rings (SSSR count). The van der Waals surface area contributed by atoms with E-state index in [1.54, 1.807) is 0 Å². The standard InChI is InChI=1S/C3HF4NO4/c4-2(1(9)10,8(11)12)3(5,6)7/h(H,9,10). The van der Waals surface area contributed by atoms with Crippen LogP contribution >= 0.6 is 0 Å². The average Bonchev–Trinajstić information content (AvgIpc) is 1.82. The summed E-state index contributed by atoms with van der Waals surface area (Å²) in [5, 5.41) is 17.0. The molecule has 70 valence electrons. The molecule has 0 aliphatic heterocycles. The van der Waals surface area contributed by atoms with Gasteiger partial charge in [-0.05, 0) is 0 Å². The van der Waals surface area contributed by atoms with Crippen molar-refractivity contribution < 1.29 is 32.4 Å². The third-order valence-corrected chi connectivity index (χ3v) is 0.911. The van der Waals surface area contributed by atoms with E-state index in [1.807, 2.05) is 0 Å². The van der Waals surface area contributed by atoms with Crippen LogP contribution in [0.15, 0.2) is 0 Å². The fourth-order valence-electron chi connectivity index (χ4n) is 0.303. The molecular formula is C3HF4NO4. The molecule has 0 aromatic carbocycles. The lowest BCUT2D eigenvalue weighted by Crippen LogP contribution is -2.54. The van der Waals surface area contributed by atoms with Gasteiger partial charge in [-0.25, -0.2) is 4.79 Å². The Labute approximate surface area is 61.7 Å². The Morgan fingerprint density at radius 2 is 1.67 bits per heavy atom. The molecule has 0 fully saturated rings. The van der Waals surface area contributed by atoms with Crippen molar-refractivity contribution in [3.8, 4) is 0 Å². The lowest BCUT2D eigenvalue weighted by atomic mass is 10.2. The number of aliphatic carboxylic acids is 1. The first-order valence-electron chi connectivity index (χ1n) is 2.27. The molecule has 1 atom stereocenters. The maximum atomic E-state index is 12.1. The van der Waals surface area contributed by atoms with E-state index in [0.717, 1.165) is 0 Å². The first-order valence-corrected chi connectivity index (χ1v) is 2.27. The molecule has 0 amide bonds. The molecule has 0 spiro atoms. The summed E-state index contributed by atoms with van der Waals surface area (Å²) in [6, 6.07) is 0. The van der Waals surface area contributed by atoms with Gasteiger partial charge in [-0.15, -0.1) is 4.39 Å². The van der Waals surface area contributed by atoms with Crippen molar-refractivity contribution in [1.82, 2.24) is 0 Å². The molecular weight excluding hydrogens is 190 g/mol. The van der Waals surface area contributed by atoms with Crippen LogP contribution in [0.4, 0.5) is 17.6 Å². The van der Waals surface area contributed by atoms with Crippen molar-refractivity contribution in [1.29, 1.82) is 0 Å². The molecule has 1 N–H and O–H groups in total. The van der Waals surface area contributed by atoms with Crippen LogP contribution in [0, 0.1) is 10.1 Å². The van der Waals surface area contributed by atoms with Crippen LogP contribution in [0.25, 0.3) is 0 Å². The Bertz CT molecular complexity index is 209. The van der Waals surface area contributed by atoms with Gasteiger partial charge in [0.05, 0.1) is 4.92 Å². The summed E-state index contributed by atoms with van der Waals surface area (Å²) in [5.41, 5.74) is 0. The molecule has 0 saturated heterocycles. The van der Waals surface area contributed by atoms with E-state index >= 15 is 0 Å². The van der Waals surface area contributed by atoms with Gasteiger partial charge in [-0.2, -0.15) is 13.2 Å². The summed E-state index contributed by atoms with van der Waals surface area (Å²) in [7, 11) is 0. The fraction of sp³-hybridized carbons (Fsp3) is 0.667. The molecule has 5 nitrogen and oxygen atoms in total. The van der Waals surface area contributed by atoms with Crippen LogP contribution in [0.2, 0.25) is 0 Å². The maximum Gasteiger partial charge on any atom is 0.549 e. The van der Waals surface area contributed by atoms with E-state index in [0.29, 0.717) is 0 Å². The smallest absolute Gasteiger partial charge is 0.473 e. The van der Waals surface area contributed by atoms with E-state index in [-0.39, 0.29) is 0 Å². The van der Waals surface area contributed by atoms with Crippen molar-refractivity contribution in [2.24, 2.45) is 0 Å². The Hall–Kier alpha value is -1.41. The third-order valence-electron chi connectivity index (χ3n) is 0.911. The quantitative estimate of drug-likeness (QED) is 0.299. The molecule has 1 unspecified atom stereocenters. The zero-order valence-corrected chi connectivity index (χ0v) is 5.13. The highest BCUT2D eigenvalue weighted by Gasteiger charge is 2.74. The summed E-state index contributed by atoms with van der Waals surface area (Å²) in [5.74, 6) is -8.62. The van der Waals surface area contributed by atoms with Crippen molar-refractivity contribution in [3.63, 3.8) is 0 Å².